The summed E-state index contributed by atoms with van der Waals surface area (Å²) >= 11 is 5.78. The van der Waals surface area contributed by atoms with Gasteiger partial charge in [0.1, 0.15) is 0 Å². The van der Waals surface area contributed by atoms with Crippen LogP contribution in [0.2, 0.25) is 5.02 Å². The van der Waals surface area contributed by atoms with Crippen molar-refractivity contribution >= 4 is 11.6 Å². The second-order valence-corrected chi connectivity index (χ2v) is 3.64. The van der Waals surface area contributed by atoms with E-state index in [4.69, 9.17) is 11.6 Å². The van der Waals surface area contributed by atoms with Gasteiger partial charge in [0, 0.05) is 12.6 Å². The van der Waals surface area contributed by atoms with Crippen molar-refractivity contribution in [3.8, 4) is 11.8 Å². The molecule has 0 saturated heterocycles. The van der Waals surface area contributed by atoms with Crippen LogP contribution in [0.5, 0.6) is 0 Å². The Morgan fingerprint density at radius 2 is 2.33 bits per heavy atom. The van der Waals surface area contributed by atoms with E-state index in [2.05, 4.69) is 22.1 Å². The molecule has 1 heterocycles. The van der Waals surface area contributed by atoms with Crippen molar-refractivity contribution in [1.29, 1.82) is 0 Å². The van der Waals surface area contributed by atoms with Gasteiger partial charge < -0.3 is 5.32 Å². The van der Waals surface area contributed by atoms with Gasteiger partial charge in [0.2, 0.25) is 0 Å². The fourth-order valence-corrected chi connectivity index (χ4v) is 1.49. The molecule has 1 N–H and O–H groups in total. The summed E-state index contributed by atoms with van der Waals surface area (Å²) in [6.07, 6.45) is 3.52. The number of nitrogens with zero attached hydrogens (tertiary/aromatic N) is 1. The maximum Gasteiger partial charge on any atom is 0.0589 e. The fraction of sp³-hybridized carbons (Fsp3) is 0.417. The summed E-state index contributed by atoms with van der Waals surface area (Å²) in [5.74, 6) is 5.94. The first-order chi connectivity index (χ1) is 7.27. The van der Waals surface area contributed by atoms with Crippen molar-refractivity contribution in [3.63, 3.8) is 0 Å². The fourth-order valence-electron chi connectivity index (χ4n) is 1.37. The van der Waals surface area contributed by atoms with Gasteiger partial charge in [-0.25, -0.2) is 0 Å². The van der Waals surface area contributed by atoms with Crippen LogP contribution in [0.25, 0.3) is 0 Å². The number of aromatic nitrogens is 1. The van der Waals surface area contributed by atoms with Gasteiger partial charge in [0.05, 0.1) is 16.8 Å². The Bertz CT molecular complexity index is 348. The van der Waals surface area contributed by atoms with E-state index in [0.717, 1.165) is 18.5 Å². The quantitative estimate of drug-likeness (QED) is 0.793. The lowest BCUT2D eigenvalue weighted by atomic mass is 10.1. The zero-order chi connectivity index (χ0) is 11.1. The summed E-state index contributed by atoms with van der Waals surface area (Å²) in [5.41, 5.74) is 1.01. The number of hydrogen-bond donors (Lipinski definition) is 1. The molecule has 0 radical (unpaired) electrons. The third kappa shape index (κ3) is 3.91. The first-order valence-corrected chi connectivity index (χ1v) is 5.34. The molecule has 15 heavy (non-hydrogen) atoms. The number of hydrogen-bond acceptors (Lipinski definition) is 2. The van der Waals surface area contributed by atoms with Gasteiger partial charge in [-0.15, -0.1) is 11.8 Å². The Kier molecular flexibility index (Phi) is 5.17. The van der Waals surface area contributed by atoms with Gasteiger partial charge in [-0.1, -0.05) is 11.6 Å². The van der Waals surface area contributed by atoms with Crippen molar-refractivity contribution < 1.29 is 0 Å². The Labute approximate surface area is 96.1 Å². The SMILES string of the molecule is CC#CCCC(NC)c1ccc(Cl)cn1. The van der Waals surface area contributed by atoms with Crippen molar-refractivity contribution in [2.45, 2.75) is 25.8 Å². The largest absolute Gasteiger partial charge is 0.312 e. The monoisotopic (exact) mass is 222 g/mol. The van der Waals surface area contributed by atoms with E-state index in [1.807, 2.05) is 26.1 Å². The minimum atomic E-state index is 0.253. The van der Waals surface area contributed by atoms with Crippen LogP contribution in [0.3, 0.4) is 0 Å². The Hall–Kier alpha value is -1.04. The summed E-state index contributed by atoms with van der Waals surface area (Å²) < 4.78 is 0. The van der Waals surface area contributed by atoms with Gasteiger partial charge in [-0.3, -0.25) is 4.98 Å². The minimum Gasteiger partial charge on any atom is -0.312 e. The van der Waals surface area contributed by atoms with Crippen molar-refractivity contribution in [3.05, 3.63) is 29.0 Å². The van der Waals surface area contributed by atoms with Crippen LogP contribution in [0.15, 0.2) is 18.3 Å². The first-order valence-electron chi connectivity index (χ1n) is 4.96. The topological polar surface area (TPSA) is 24.9 Å². The van der Waals surface area contributed by atoms with E-state index in [9.17, 15) is 0 Å². The van der Waals surface area contributed by atoms with Crippen LogP contribution in [-0.2, 0) is 0 Å². The molecule has 0 bridgehead atoms. The minimum absolute atomic E-state index is 0.253. The molecule has 1 unspecified atom stereocenters. The van der Waals surface area contributed by atoms with Crippen LogP contribution in [0.1, 0.15) is 31.5 Å². The van der Waals surface area contributed by atoms with Gasteiger partial charge in [-0.05, 0) is 32.5 Å². The van der Waals surface area contributed by atoms with E-state index in [1.54, 1.807) is 6.20 Å². The summed E-state index contributed by atoms with van der Waals surface area (Å²) in [6.45, 7) is 1.86. The highest BCUT2D eigenvalue weighted by Gasteiger charge is 2.08. The molecule has 1 rings (SSSR count). The predicted molar refractivity (Wildman–Crippen MR) is 63.7 cm³/mol. The van der Waals surface area contributed by atoms with Crippen LogP contribution in [0, 0.1) is 11.8 Å². The molecule has 0 spiro atoms. The zero-order valence-corrected chi connectivity index (χ0v) is 9.80. The molecule has 0 aromatic carbocycles. The zero-order valence-electron chi connectivity index (χ0n) is 9.05. The summed E-state index contributed by atoms with van der Waals surface area (Å²) in [4.78, 5) is 4.29. The smallest absolute Gasteiger partial charge is 0.0589 e. The van der Waals surface area contributed by atoms with Gasteiger partial charge in [0.15, 0.2) is 0 Å². The highest BCUT2D eigenvalue weighted by Crippen LogP contribution is 2.17. The second-order valence-electron chi connectivity index (χ2n) is 3.21. The molecular formula is C12H15ClN2. The Morgan fingerprint density at radius 1 is 1.53 bits per heavy atom. The van der Waals surface area contributed by atoms with Crippen molar-refractivity contribution in [1.82, 2.24) is 10.3 Å². The standard InChI is InChI=1S/C12H15ClN2/c1-3-4-5-6-11(14-2)12-8-7-10(13)9-15-12/h7-9,11,14H,5-6H2,1-2H3. The Balaban J connectivity index is 2.64. The van der Waals surface area contributed by atoms with Gasteiger partial charge in [0.25, 0.3) is 0 Å². The molecule has 0 aliphatic carbocycles. The van der Waals surface area contributed by atoms with Crippen LogP contribution < -0.4 is 5.32 Å². The molecule has 0 amide bonds. The molecule has 2 nitrogen and oxygen atoms in total. The van der Waals surface area contributed by atoms with E-state index < -0.39 is 0 Å². The average molecular weight is 223 g/mol. The lowest BCUT2D eigenvalue weighted by molar-refractivity contribution is 0.544. The molecule has 3 heteroatoms. The molecule has 0 fully saturated rings. The van der Waals surface area contributed by atoms with Gasteiger partial charge in [-0.2, -0.15) is 0 Å². The maximum absolute atomic E-state index is 5.78. The number of nitrogens with one attached hydrogen (secondary N) is 1. The molecule has 0 saturated carbocycles. The van der Waals surface area contributed by atoms with Crippen LogP contribution >= 0.6 is 11.6 Å². The summed E-state index contributed by atoms with van der Waals surface area (Å²) in [6, 6.07) is 4.06. The molecule has 1 atom stereocenters. The van der Waals surface area contributed by atoms with Gasteiger partial charge >= 0.3 is 0 Å². The van der Waals surface area contributed by atoms with Crippen LogP contribution in [0.4, 0.5) is 0 Å². The lowest BCUT2D eigenvalue weighted by Crippen LogP contribution is -2.17. The lowest BCUT2D eigenvalue weighted by Gasteiger charge is -2.13. The van der Waals surface area contributed by atoms with Crippen molar-refractivity contribution in [2.75, 3.05) is 7.05 Å². The van der Waals surface area contributed by atoms with Crippen molar-refractivity contribution in [2.24, 2.45) is 0 Å². The van der Waals surface area contributed by atoms with E-state index in [-0.39, 0.29) is 6.04 Å². The molecule has 1 aromatic rings. The Morgan fingerprint density at radius 3 is 2.87 bits per heavy atom. The number of pyridine rings is 1. The molecule has 80 valence electrons. The predicted octanol–water partition coefficient (Wildman–Crippen LogP) is 2.80. The normalized spacial score (nSPS) is 11.7. The highest BCUT2D eigenvalue weighted by atomic mass is 35.5. The summed E-state index contributed by atoms with van der Waals surface area (Å²) in [5, 5.41) is 3.89. The van der Waals surface area contributed by atoms with E-state index in [0.29, 0.717) is 5.02 Å². The summed E-state index contributed by atoms with van der Waals surface area (Å²) in [7, 11) is 1.93. The highest BCUT2D eigenvalue weighted by molar-refractivity contribution is 6.30. The van der Waals surface area contributed by atoms with E-state index >= 15 is 0 Å². The first kappa shape index (κ1) is 12.0. The third-order valence-corrected chi connectivity index (χ3v) is 2.41. The van der Waals surface area contributed by atoms with E-state index in [1.165, 1.54) is 0 Å². The average Bonchev–Trinajstić information content (AvgIpc) is 2.26. The number of rotatable bonds is 4. The maximum atomic E-state index is 5.78. The molecule has 1 aromatic heterocycles. The molecular weight excluding hydrogens is 208 g/mol. The second kappa shape index (κ2) is 6.44. The third-order valence-electron chi connectivity index (χ3n) is 2.19. The van der Waals surface area contributed by atoms with Crippen LogP contribution in [-0.4, -0.2) is 12.0 Å². The molecule has 0 aliphatic rings. The molecule has 0 aliphatic heterocycles. The number of halogens is 1.